The Labute approximate surface area is 237 Å². The van der Waals surface area contributed by atoms with Crippen molar-refractivity contribution in [2.75, 3.05) is 0 Å². The molecule has 2 atom stereocenters. The van der Waals surface area contributed by atoms with Crippen LogP contribution in [-0.4, -0.2) is 5.11 Å². The van der Waals surface area contributed by atoms with Gasteiger partial charge in [0.2, 0.25) is 0 Å². The first-order valence-electron chi connectivity index (χ1n) is 12.7. The smallest absolute Gasteiger partial charge is 0.110 e. The van der Waals surface area contributed by atoms with Gasteiger partial charge in [0.05, 0.1) is 0 Å². The van der Waals surface area contributed by atoms with Gasteiger partial charge in [-0.2, -0.15) is 0 Å². The third-order valence-corrected chi connectivity index (χ3v) is 10.1. The molecule has 0 bridgehead atoms. The first-order valence-corrected chi connectivity index (χ1v) is 14.7. The lowest BCUT2D eigenvalue weighted by molar-refractivity contribution is 0.0672. The lowest BCUT2D eigenvalue weighted by atomic mass is 9.62. The van der Waals surface area contributed by atoms with Crippen molar-refractivity contribution in [3.05, 3.63) is 109 Å². The fourth-order valence-corrected chi connectivity index (χ4v) is 7.67. The number of allylic oxidation sites excluding steroid dienone is 1. The van der Waals surface area contributed by atoms with Crippen LogP contribution in [0.25, 0.3) is 5.57 Å². The Kier molecular flexibility index (Phi) is 6.86. The molecule has 1 N–H and O–H groups in total. The minimum Gasteiger partial charge on any atom is -0.381 e. The zero-order valence-corrected chi connectivity index (χ0v) is 25.3. The fourth-order valence-electron chi connectivity index (χ4n) is 6.17. The Hall–Kier alpha value is -1.39. The highest BCUT2D eigenvalue weighted by Crippen LogP contribution is 2.52. The van der Waals surface area contributed by atoms with Crippen LogP contribution in [0.1, 0.15) is 87.1 Å². The minimum atomic E-state index is -1.17. The summed E-state index contributed by atoms with van der Waals surface area (Å²) in [5.74, 6) is 0.124. The Morgan fingerprint density at radius 2 is 1.42 bits per heavy atom. The van der Waals surface area contributed by atoms with Gasteiger partial charge < -0.3 is 5.11 Å². The van der Waals surface area contributed by atoms with E-state index in [1.54, 1.807) is 0 Å². The third kappa shape index (κ3) is 4.66. The van der Waals surface area contributed by atoms with E-state index in [2.05, 4.69) is 89.9 Å². The lowest BCUT2D eigenvalue weighted by Gasteiger charge is -2.43. The molecule has 0 fully saturated rings. The van der Waals surface area contributed by atoms with Crippen molar-refractivity contribution in [2.45, 2.75) is 75.7 Å². The maximum atomic E-state index is 12.2. The summed E-state index contributed by atoms with van der Waals surface area (Å²) >= 11 is 14.4. The van der Waals surface area contributed by atoms with Crippen molar-refractivity contribution < 1.29 is 5.11 Å². The number of benzene rings is 3. The van der Waals surface area contributed by atoms with Crippen molar-refractivity contribution in [1.82, 2.24) is 0 Å². The second-order valence-electron chi connectivity index (χ2n) is 11.8. The quantitative estimate of drug-likeness (QED) is 0.306. The largest absolute Gasteiger partial charge is 0.381 e. The molecule has 0 saturated carbocycles. The molecular weight excluding hydrogens is 596 g/mol. The van der Waals surface area contributed by atoms with Gasteiger partial charge in [-0.1, -0.05) is 114 Å². The van der Waals surface area contributed by atoms with Crippen molar-refractivity contribution >= 4 is 49.0 Å². The average molecular weight is 629 g/mol. The highest BCUT2D eigenvalue weighted by atomic mass is 79.9. The number of hydrogen-bond acceptors (Lipinski definition) is 1. The van der Waals surface area contributed by atoms with Crippen molar-refractivity contribution in [2.24, 2.45) is 0 Å². The van der Waals surface area contributed by atoms with E-state index in [1.807, 2.05) is 36.4 Å². The zero-order chi connectivity index (χ0) is 25.9. The van der Waals surface area contributed by atoms with E-state index in [9.17, 15) is 5.11 Å². The molecule has 0 saturated heterocycles. The van der Waals surface area contributed by atoms with Gasteiger partial charge in [-0.3, -0.25) is 0 Å². The van der Waals surface area contributed by atoms with Crippen LogP contribution in [0.15, 0.2) is 75.7 Å². The maximum Gasteiger partial charge on any atom is 0.110 e. The van der Waals surface area contributed by atoms with Crippen LogP contribution in [0.3, 0.4) is 0 Å². The maximum absolute atomic E-state index is 12.2. The molecule has 0 radical (unpaired) electrons. The molecule has 5 rings (SSSR count). The third-order valence-electron chi connectivity index (χ3n) is 8.41. The highest BCUT2D eigenvalue weighted by molar-refractivity contribution is 9.10. The second-order valence-corrected chi connectivity index (χ2v) is 14.0. The molecule has 2 unspecified atom stereocenters. The average Bonchev–Trinajstić information content (AvgIpc) is 2.82. The lowest BCUT2D eigenvalue weighted by Crippen LogP contribution is -2.34. The summed E-state index contributed by atoms with van der Waals surface area (Å²) in [6.07, 6.45) is 5.81. The number of rotatable bonds is 3. The van der Waals surface area contributed by atoms with Crippen LogP contribution in [0, 0.1) is 0 Å². The molecular formula is C32H33Br2ClO. The molecule has 2 aliphatic carbocycles. The number of hydrogen-bond donors (Lipinski definition) is 1. The standard InChI is InChI=1S/C32H33Br2ClO/c1-30(2)13-14-31(3,4)26-17-28(34)23(16-25(26)30)21-15-20(22-9-5-7-11-27(22)33)18-32(36,19-21)24-10-6-8-12-29(24)35/h5-12,16-18,21,36H,13-15,19H2,1-4H3. The minimum absolute atomic E-state index is 0.120. The van der Waals surface area contributed by atoms with E-state index >= 15 is 0 Å². The Morgan fingerprint density at radius 1 is 0.806 bits per heavy atom. The molecule has 188 valence electrons. The van der Waals surface area contributed by atoms with E-state index in [0.717, 1.165) is 32.1 Å². The van der Waals surface area contributed by atoms with Crippen LogP contribution in [-0.2, 0) is 16.4 Å². The van der Waals surface area contributed by atoms with Crippen LogP contribution >= 0.6 is 43.5 Å². The molecule has 0 aliphatic heterocycles. The summed E-state index contributed by atoms with van der Waals surface area (Å²) < 4.78 is 2.16. The normalized spacial score (nSPS) is 24.7. The summed E-state index contributed by atoms with van der Waals surface area (Å²) in [5, 5.41) is 12.8. The van der Waals surface area contributed by atoms with Gasteiger partial charge in [0.15, 0.2) is 0 Å². The van der Waals surface area contributed by atoms with E-state index in [0.29, 0.717) is 11.4 Å². The second kappa shape index (κ2) is 9.42. The summed E-state index contributed by atoms with van der Waals surface area (Å²) in [6, 6.07) is 20.7. The van der Waals surface area contributed by atoms with Gasteiger partial charge in [0.1, 0.15) is 5.60 Å². The van der Waals surface area contributed by atoms with Crippen LogP contribution in [0.4, 0.5) is 0 Å². The van der Waals surface area contributed by atoms with Crippen LogP contribution < -0.4 is 0 Å². The van der Waals surface area contributed by atoms with Crippen molar-refractivity contribution in [1.29, 1.82) is 0 Å². The predicted molar refractivity (Wildman–Crippen MR) is 159 cm³/mol. The van der Waals surface area contributed by atoms with Crippen molar-refractivity contribution in [3.63, 3.8) is 0 Å². The SMILES string of the molecule is CC1(C)CCC(C)(C)c2cc(C3CC(c4ccccc4Br)=CC(O)(c4ccccc4Cl)C3)c(Br)cc21. The molecule has 4 heteroatoms. The molecule has 1 nitrogen and oxygen atoms in total. The summed E-state index contributed by atoms with van der Waals surface area (Å²) in [5.41, 5.74) is 6.25. The summed E-state index contributed by atoms with van der Waals surface area (Å²) in [7, 11) is 0. The highest BCUT2D eigenvalue weighted by Gasteiger charge is 2.41. The van der Waals surface area contributed by atoms with E-state index < -0.39 is 5.60 Å². The molecule has 0 aromatic heterocycles. The van der Waals surface area contributed by atoms with Gasteiger partial charge in [0, 0.05) is 19.5 Å². The fraction of sp³-hybridized carbons (Fsp3) is 0.375. The van der Waals surface area contributed by atoms with Gasteiger partial charge in [-0.25, -0.2) is 0 Å². The molecule has 0 spiro atoms. The van der Waals surface area contributed by atoms with E-state index in [-0.39, 0.29) is 16.7 Å². The zero-order valence-electron chi connectivity index (χ0n) is 21.3. The Balaban J connectivity index is 1.68. The van der Waals surface area contributed by atoms with Gasteiger partial charge >= 0.3 is 0 Å². The van der Waals surface area contributed by atoms with Gasteiger partial charge in [-0.15, -0.1) is 0 Å². The first kappa shape index (κ1) is 26.2. The first-order chi connectivity index (χ1) is 16.9. The molecule has 0 heterocycles. The number of halogens is 3. The molecule has 2 aliphatic rings. The van der Waals surface area contributed by atoms with Crippen molar-refractivity contribution in [3.8, 4) is 0 Å². The summed E-state index contributed by atoms with van der Waals surface area (Å²) in [6.45, 7) is 9.45. The molecule has 3 aromatic carbocycles. The van der Waals surface area contributed by atoms with E-state index in [1.165, 1.54) is 29.5 Å². The Morgan fingerprint density at radius 3 is 2.08 bits per heavy atom. The van der Waals surface area contributed by atoms with Crippen LogP contribution in [0.2, 0.25) is 5.02 Å². The molecule has 0 amide bonds. The predicted octanol–water partition coefficient (Wildman–Crippen LogP) is 10.1. The molecule has 3 aromatic rings. The topological polar surface area (TPSA) is 20.2 Å². The summed E-state index contributed by atoms with van der Waals surface area (Å²) in [4.78, 5) is 0. The van der Waals surface area contributed by atoms with E-state index in [4.69, 9.17) is 11.6 Å². The van der Waals surface area contributed by atoms with Crippen LogP contribution in [0.5, 0.6) is 0 Å². The Bertz CT molecular complexity index is 1360. The number of aliphatic hydroxyl groups is 1. The monoisotopic (exact) mass is 626 g/mol. The number of fused-ring (bicyclic) bond motifs is 1. The van der Waals surface area contributed by atoms with Gasteiger partial charge in [0.25, 0.3) is 0 Å². The molecule has 36 heavy (non-hydrogen) atoms. The van der Waals surface area contributed by atoms with Gasteiger partial charge in [-0.05, 0) is 94.5 Å².